The zero-order valence-corrected chi connectivity index (χ0v) is 40.8. The molecule has 3 aliphatic rings. The maximum Gasteiger partial charge on any atom is 0.408 e. The second kappa shape index (κ2) is 19.3. The molecule has 2 fully saturated rings. The zero-order valence-electron chi connectivity index (χ0n) is 38.4. The van der Waals surface area contributed by atoms with Crippen molar-refractivity contribution in [3.05, 3.63) is 109 Å². The van der Waals surface area contributed by atoms with Gasteiger partial charge in [0.1, 0.15) is 5.60 Å². The number of carbonyl (C=O) groups excluding carboxylic acids is 1. The fraction of sp³-hybridized carbons (Fsp3) is 0.519. The number of halogens is 1. The van der Waals surface area contributed by atoms with E-state index in [0.29, 0.717) is 24.0 Å². The molecule has 2 aromatic heterocycles. The van der Waals surface area contributed by atoms with Gasteiger partial charge in [-0.2, -0.15) is 4.98 Å². The molecule has 1 N–H and O–H groups in total. The molecule has 63 heavy (non-hydrogen) atoms. The lowest BCUT2D eigenvalue weighted by atomic mass is 9.90. The Morgan fingerprint density at radius 3 is 2.41 bits per heavy atom. The fourth-order valence-electron chi connectivity index (χ4n) is 9.97. The minimum atomic E-state index is -0.614. The average Bonchev–Trinajstić information content (AvgIpc) is 3.85. The monoisotopic (exact) mass is 935 g/mol. The van der Waals surface area contributed by atoms with Crippen LogP contribution in [-0.2, 0) is 9.47 Å². The number of hydrogen-bond acceptors (Lipinski definition) is 7. The molecule has 0 spiro atoms. The van der Waals surface area contributed by atoms with Crippen LogP contribution >= 0.6 is 27.7 Å². The van der Waals surface area contributed by atoms with Gasteiger partial charge in [0, 0.05) is 22.0 Å². The van der Waals surface area contributed by atoms with Crippen molar-refractivity contribution in [2.75, 3.05) is 26.2 Å². The Bertz CT molecular complexity index is 2580. The summed E-state index contributed by atoms with van der Waals surface area (Å²) in [7, 11) is 0. The molecule has 1 saturated heterocycles. The lowest BCUT2D eigenvalue weighted by Gasteiger charge is -2.35. The minimum Gasteiger partial charge on any atom is -0.444 e. The predicted molar refractivity (Wildman–Crippen MR) is 264 cm³/mol. The molecule has 2 aliphatic heterocycles. The first-order chi connectivity index (χ1) is 30.1. The van der Waals surface area contributed by atoms with E-state index in [1.807, 2.05) is 50.7 Å². The number of aromatic nitrogens is 3. The number of amides is 1. The highest BCUT2D eigenvalue weighted by atomic mass is 79.9. The number of nitrogens with zero attached hydrogens (tertiary/aromatic N) is 4. The third-order valence-corrected chi connectivity index (χ3v) is 15.2. The van der Waals surface area contributed by atoms with Gasteiger partial charge in [-0.15, -0.1) is 0 Å². The van der Waals surface area contributed by atoms with Gasteiger partial charge in [0.05, 0.1) is 40.2 Å². The van der Waals surface area contributed by atoms with E-state index in [1.165, 1.54) is 58.4 Å². The molecule has 336 valence electrons. The molecule has 1 saturated carbocycles. The molecule has 9 nitrogen and oxygen atoms in total. The van der Waals surface area contributed by atoms with Crippen LogP contribution in [0.15, 0.2) is 86.5 Å². The Morgan fingerprint density at radius 2 is 1.65 bits per heavy atom. The first kappa shape index (κ1) is 45.7. The molecule has 1 unspecified atom stereocenters. The van der Waals surface area contributed by atoms with Crippen molar-refractivity contribution >= 4 is 66.4 Å². The number of ether oxygens (including phenoxy) is 2. The predicted octanol–water partition coefficient (Wildman–Crippen LogP) is 13.3. The van der Waals surface area contributed by atoms with Crippen LogP contribution in [0.1, 0.15) is 154 Å². The molecule has 0 bridgehead atoms. The maximum atomic E-state index is 13.5. The highest BCUT2D eigenvalue weighted by Gasteiger charge is 2.30. The highest BCUT2D eigenvalue weighted by Crippen LogP contribution is 2.40. The van der Waals surface area contributed by atoms with E-state index in [0.717, 1.165) is 91.4 Å². The van der Waals surface area contributed by atoms with E-state index in [1.54, 1.807) is 0 Å². The summed E-state index contributed by atoms with van der Waals surface area (Å²) in [6.45, 7) is 17.6. The van der Waals surface area contributed by atoms with Gasteiger partial charge in [0.15, 0.2) is 0 Å². The molecule has 8 rings (SSSR count). The van der Waals surface area contributed by atoms with E-state index >= 15 is 0 Å². The topological polar surface area (TPSA) is 90.1 Å². The number of alkyl carbamates (subject to hydrolysis) is 1. The average molecular weight is 937 g/mol. The minimum absolute atomic E-state index is 0.183. The molecule has 3 aromatic carbocycles. The number of nitrogens with one attached hydrogen (secondary N) is 1. The summed E-state index contributed by atoms with van der Waals surface area (Å²) < 4.78 is 17.9. The SMILES string of the molecule is CC1=CSC(c2ccc([C@H](COC(C)(C)CN3CCCCCC(c4ccc5c(c4)n(C4CCCC4)c4nc(=O)c6c(Br)cccc6n54)CC3)NC(=O)OC(C)(C)C)cc2)=C(C)CC1. The molecular formula is C52H66BrN5O4S. The number of hydrogen-bond donors (Lipinski definition) is 1. The van der Waals surface area contributed by atoms with Crippen LogP contribution < -0.4 is 10.9 Å². The molecular weight excluding hydrogens is 871 g/mol. The number of allylic oxidation sites excluding steroid dienone is 2. The van der Waals surface area contributed by atoms with Crippen molar-refractivity contribution in [1.29, 1.82) is 0 Å². The van der Waals surface area contributed by atoms with Gasteiger partial charge in [0.25, 0.3) is 5.56 Å². The number of thioether (sulfide) groups is 1. The van der Waals surface area contributed by atoms with Crippen LogP contribution in [-0.4, -0.2) is 62.4 Å². The fourth-order valence-corrected chi connectivity index (χ4v) is 11.5. The second-order valence-corrected chi connectivity index (χ2v) is 21.7. The van der Waals surface area contributed by atoms with E-state index in [-0.39, 0.29) is 11.6 Å². The summed E-state index contributed by atoms with van der Waals surface area (Å²) in [6, 6.07) is 21.6. The summed E-state index contributed by atoms with van der Waals surface area (Å²) in [5.74, 6) is 1.16. The van der Waals surface area contributed by atoms with Crippen molar-refractivity contribution in [3.8, 4) is 0 Å². The number of rotatable bonds is 10. The lowest BCUT2D eigenvalue weighted by Crippen LogP contribution is -2.44. The third kappa shape index (κ3) is 10.6. The van der Waals surface area contributed by atoms with Gasteiger partial charge < -0.3 is 24.3 Å². The van der Waals surface area contributed by atoms with Crippen LogP contribution in [0.2, 0.25) is 0 Å². The number of benzene rings is 3. The summed E-state index contributed by atoms with van der Waals surface area (Å²) in [5.41, 5.74) is 8.29. The Labute approximate surface area is 386 Å². The van der Waals surface area contributed by atoms with Crippen LogP contribution in [0, 0.1) is 0 Å². The van der Waals surface area contributed by atoms with Crippen LogP contribution in [0.3, 0.4) is 0 Å². The van der Waals surface area contributed by atoms with Crippen molar-refractivity contribution < 1.29 is 14.3 Å². The molecule has 11 heteroatoms. The van der Waals surface area contributed by atoms with Crippen molar-refractivity contribution in [2.24, 2.45) is 0 Å². The van der Waals surface area contributed by atoms with E-state index < -0.39 is 17.3 Å². The van der Waals surface area contributed by atoms with Gasteiger partial charge in [0.2, 0.25) is 5.78 Å². The largest absolute Gasteiger partial charge is 0.444 e. The van der Waals surface area contributed by atoms with Gasteiger partial charge in [-0.25, -0.2) is 4.79 Å². The highest BCUT2D eigenvalue weighted by molar-refractivity contribution is 9.10. The zero-order chi connectivity index (χ0) is 44.5. The van der Waals surface area contributed by atoms with E-state index in [2.05, 4.69) is 111 Å². The van der Waals surface area contributed by atoms with Crippen molar-refractivity contribution in [1.82, 2.24) is 24.2 Å². The summed E-state index contributed by atoms with van der Waals surface area (Å²) in [4.78, 5) is 35.4. The molecule has 1 aliphatic carbocycles. The quantitative estimate of drug-likeness (QED) is 0.149. The Hall–Kier alpha value is -3.90. The van der Waals surface area contributed by atoms with Gasteiger partial charge in [-0.1, -0.05) is 85.0 Å². The first-order valence-corrected chi connectivity index (χ1v) is 24.9. The third-order valence-electron chi connectivity index (χ3n) is 13.2. The molecule has 2 atom stereocenters. The van der Waals surface area contributed by atoms with Crippen LogP contribution in [0.4, 0.5) is 4.79 Å². The second-order valence-electron chi connectivity index (χ2n) is 19.9. The van der Waals surface area contributed by atoms with Gasteiger partial charge >= 0.3 is 6.09 Å². The Kier molecular flexibility index (Phi) is 14.0. The van der Waals surface area contributed by atoms with Crippen LogP contribution in [0.25, 0.3) is 32.6 Å². The van der Waals surface area contributed by atoms with Crippen molar-refractivity contribution in [2.45, 2.75) is 148 Å². The van der Waals surface area contributed by atoms with E-state index in [9.17, 15) is 9.59 Å². The Morgan fingerprint density at radius 1 is 0.889 bits per heavy atom. The lowest BCUT2D eigenvalue weighted by molar-refractivity contribution is -0.0504. The molecule has 4 heterocycles. The molecule has 1 amide bonds. The summed E-state index contributed by atoms with van der Waals surface area (Å²) >= 11 is 5.45. The number of imidazole rings is 1. The summed E-state index contributed by atoms with van der Waals surface area (Å²) in [6.07, 6.45) is 12.0. The molecule has 0 radical (unpaired) electrons. The molecule has 5 aromatic rings. The van der Waals surface area contributed by atoms with Crippen molar-refractivity contribution in [3.63, 3.8) is 0 Å². The van der Waals surface area contributed by atoms with Gasteiger partial charge in [-0.05, 0) is 175 Å². The number of carbonyl (C=O) groups is 1. The van der Waals surface area contributed by atoms with E-state index in [4.69, 9.17) is 14.5 Å². The first-order valence-electron chi connectivity index (χ1n) is 23.3. The standard InChI is InChI=1S/C52H66BrN5O4S/c1-34-19-20-35(2)47(63-32-34)38-23-21-37(22-24-38)42(54-50(60)62-51(3,4)5)31-61-52(6,7)33-56-28-12-8-9-14-36(27-29-56)39-25-26-43-45(30-39)57(40-15-10-11-16-40)49-55-48(59)46-41(53)17-13-18-44(46)58(43)49/h13,17-18,21-26,30,32,36,40,42H,8-12,14-16,19-20,27-29,31,33H2,1-7H3,(H,54,60)/t36?,42-/m0/s1. The number of fused-ring (bicyclic) bond motifs is 5. The smallest absolute Gasteiger partial charge is 0.408 e. The van der Waals surface area contributed by atoms with Gasteiger partial charge in [-0.3, -0.25) is 9.20 Å². The van der Waals surface area contributed by atoms with Crippen LogP contribution in [0.5, 0.6) is 0 Å². The summed E-state index contributed by atoms with van der Waals surface area (Å²) in [5, 5.41) is 6.05. The normalized spacial score (nSPS) is 19.5. The Balaban J connectivity index is 0.999. The maximum absolute atomic E-state index is 13.5.